The molecule has 0 radical (unpaired) electrons. The van der Waals surface area contributed by atoms with E-state index in [1.54, 1.807) is 11.8 Å². The summed E-state index contributed by atoms with van der Waals surface area (Å²) in [5, 5.41) is 8.45. The number of hydrazine groups is 1. The highest BCUT2D eigenvalue weighted by Crippen LogP contribution is 2.27. The average molecular weight is 367 g/mol. The zero-order chi connectivity index (χ0) is 19.0. The summed E-state index contributed by atoms with van der Waals surface area (Å²) in [6, 6.07) is 12.0. The Kier molecular flexibility index (Phi) is 4.59. The van der Waals surface area contributed by atoms with Crippen LogP contribution in [0.3, 0.4) is 0 Å². The van der Waals surface area contributed by atoms with Gasteiger partial charge in [0.1, 0.15) is 0 Å². The maximum atomic E-state index is 13.4. The van der Waals surface area contributed by atoms with E-state index in [1.165, 1.54) is 0 Å². The molecule has 4 rings (SSSR count). The fourth-order valence-electron chi connectivity index (χ4n) is 3.92. The smallest absolute Gasteiger partial charge is 0.293 e. The van der Waals surface area contributed by atoms with Crippen molar-refractivity contribution < 1.29 is 9.59 Å². The summed E-state index contributed by atoms with van der Waals surface area (Å²) >= 11 is 0. The van der Waals surface area contributed by atoms with Crippen LogP contribution >= 0.6 is 0 Å². The summed E-state index contributed by atoms with van der Waals surface area (Å²) in [5.74, 6) is -0.0300. The standard InChI is InChI=1S/C20H25N5O2/c1-15-7-6-10-24(17-8-4-3-5-9-17)25(15)20(27)19-13-18-14-22(16(2)26)11-12-23(18)21-19/h3-5,8-9,13,15H,6-7,10-12,14H2,1-2H3/t15-/m1/s1. The lowest BCUT2D eigenvalue weighted by Gasteiger charge is -2.44. The van der Waals surface area contributed by atoms with Gasteiger partial charge in [-0.3, -0.25) is 19.3 Å². The molecule has 1 aromatic carbocycles. The van der Waals surface area contributed by atoms with E-state index in [-0.39, 0.29) is 17.9 Å². The van der Waals surface area contributed by atoms with E-state index in [0.29, 0.717) is 25.3 Å². The number of fused-ring (bicyclic) bond motifs is 1. The predicted molar refractivity (Wildman–Crippen MR) is 102 cm³/mol. The molecule has 0 unspecified atom stereocenters. The molecule has 0 N–H and O–H groups in total. The average Bonchev–Trinajstić information content (AvgIpc) is 3.11. The van der Waals surface area contributed by atoms with Gasteiger partial charge in [0.25, 0.3) is 5.91 Å². The Bertz CT molecular complexity index is 847. The van der Waals surface area contributed by atoms with Crippen molar-refractivity contribution in [1.29, 1.82) is 0 Å². The van der Waals surface area contributed by atoms with E-state index in [1.807, 2.05) is 46.1 Å². The Morgan fingerprint density at radius 2 is 1.89 bits per heavy atom. The third-order valence-corrected chi connectivity index (χ3v) is 5.39. The van der Waals surface area contributed by atoms with Gasteiger partial charge in [0.05, 0.1) is 30.5 Å². The van der Waals surface area contributed by atoms with Crippen LogP contribution < -0.4 is 5.01 Å². The molecule has 0 aliphatic carbocycles. The summed E-state index contributed by atoms with van der Waals surface area (Å²) in [7, 11) is 0. The second-order valence-corrected chi connectivity index (χ2v) is 7.28. The Morgan fingerprint density at radius 3 is 2.63 bits per heavy atom. The number of nitrogens with zero attached hydrogens (tertiary/aromatic N) is 5. The number of amides is 2. The molecule has 7 nitrogen and oxygen atoms in total. The van der Waals surface area contributed by atoms with Crippen LogP contribution in [0.1, 0.15) is 42.9 Å². The number of carbonyl (C=O) groups is 2. The van der Waals surface area contributed by atoms with Crippen LogP contribution in [0.4, 0.5) is 5.69 Å². The minimum absolute atomic E-state index is 0.0511. The number of benzene rings is 1. The third-order valence-electron chi connectivity index (χ3n) is 5.39. The first-order valence-corrected chi connectivity index (χ1v) is 9.53. The van der Waals surface area contributed by atoms with Crippen molar-refractivity contribution in [2.45, 2.75) is 45.8 Å². The summed E-state index contributed by atoms with van der Waals surface area (Å²) in [5.41, 5.74) is 2.38. The lowest BCUT2D eigenvalue weighted by molar-refractivity contribution is -0.130. The minimum atomic E-state index is -0.0812. The first-order valence-electron chi connectivity index (χ1n) is 9.53. The van der Waals surface area contributed by atoms with Crippen molar-refractivity contribution in [3.63, 3.8) is 0 Å². The molecule has 2 amide bonds. The number of aromatic nitrogens is 2. The van der Waals surface area contributed by atoms with E-state index in [2.05, 4.69) is 17.0 Å². The van der Waals surface area contributed by atoms with Crippen LogP contribution in [-0.4, -0.2) is 50.6 Å². The third kappa shape index (κ3) is 3.29. The van der Waals surface area contributed by atoms with Crippen LogP contribution in [0.15, 0.2) is 36.4 Å². The Labute approximate surface area is 159 Å². The highest BCUT2D eigenvalue weighted by atomic mass is 16.2. The van der Waals surface area contributed by atoms with E-state index in [0.717, 1.165) is 30.8 Å². The quantitative estimate of drug-likeness (QED) is 0.817. The molecule has 142 valence electrons. The second kappa shape index (κ2) is 7.06. The maximum absolute atomic E-state index is 13.4. The summed E-state index contributed by atoms with van der Waals surface area (Å²) in [4.78, 5) is 26.8. The molecule has 7 heteroatoms. The van der Waals surface area contributed by atoms with E-state index in [9.17, 15) is 9.59 Å². The number of hydrogen-bond donors (Lipinski definition) is 0. The van der Waals surface area contributed by atoms with Crippen LogP contribution in [0.2, 0.25) is 0 Å². The van der Waals surface area contributed by atoms with Crippen molar-refractivity contribution in [2.75, 3.05) is 18.1 Å². The SMILES string of the molecule is CC(=O)N1CCn2nc(C(=O)N3[C@H](C)CCCN3c3ccccc3)cc2C1. The van der Waals surface area contributed by atoms with E-state index >= 15 is 0 Å². The fourth-order valence-corrected chi connectivity index (χ4v) is 3.92. The molecular weight excluding hydrogens is 342 g/mol. The van der Waals surface area contributed by atoms with Gasteiger partial charge in [-0.1, -0.05) is 18.2 Å². The van der Waals surface area contributed by atoms with Gasteiger partial charge in [0, 0.05) is 20.0 Å². The molecular formula is C20H25N5O2. The first kappa shape index (κ1) is 17.6. The molecule has 0 saturated carbocycles. The largest absolute Gasteiger partial charge is 0.335 e. The number of anilines is 1. The number of hydrogen-bond acceptors (Lipinski definition) is 4. The molecule has 0 spiro atoms. The molecule has 1 fully saturated rings. The lowest BCUT2D eigenvalue weighted by Crippen LogP contribution is -2.55. The molecule has 0 bridgehead atoms. The van der Waals surface area contributed by atoms with Gasteiger partial charge < -0.3 is 4.90 Å². The van der Waals surface area contributed by atoms with Crippen molar-refractivity contribution in [3.05, 3.63) is 47.8 Å². The van der Waals surface area contributed by atoms with Crippen LogP contribution in [-0.2, 0) is 17.9 Å². The Balaban J connectivity index is 1.62. The zero-order valence-electron chi connectivity index (χ0n) is 15.8. The zero-order valence-corrected chi connectivity index (χ0v) is 15.8. The minimum Gasteiger partial charge on any atom is -0.335 e. The molecule has 1 atom stereocenters. The topological polar surface area (TPSA) is 61.7 Å². The maximum Gasteiger partial charge on any atom is 0.293 e. The molecule has 27 heavy (non-hydrogen) atoms. The van der Waals surface area contributed by atoms with Gasteiger partial charge >= 0.3 is 0 Å². The molecule has 3 heterocycles. The van der Waals surface area contributed by atoms with Gasteiger partial charge in [-0.2, -0.15) is 5.10 Å². The molecule has 2 aromatic rings. The number of rotatable bonds is 2. The van der Waals surface area contributed by atoms with E-state index in [4.69, 9.17) is 0 Å². The van der Waals surface area contributed by atoms with Gasteiger partial charge in [-0.05, 0) is 38.0 Å². The lowest BCUT2D eigenvalue weighted by atomic mass is 10.1. The van der Waals surface area contributed by atoms with Gasteiger partial charge in [0.15, 0.2) is 5.69 Å². The van der Waals surface area contributed by atoms with E-state index < -0.39 is 0 Å². The monoisotopic (exact) mass is 367 g/mol. The van der Waals surface area contributed by atoms with Gasteiger partial charge in [-0.25, -0.2) is 5.01 Å². The molecule has 1 saturated heterocycles. The summed E-state index contributed by atoms with van der Waals surface area (Å²) in [6.45, 7) is 6.24. The van der Waals surface area contributed by atoms with Crippen molar-refractivity contribution >= 4 is 17.5 Å². The first-order chi connectivity index (χ1) is 13.0. The normalized spacial score (nSPS) is 19.8. The number of para-hydroxylation sites is 1. The number of carbonyl (C=O) groups excluding carboxylic acids is 2. The fraction of sp³-hybridized carbons (Fsp3) is 0.450. The summed E-state index contributed by atoms with van der Waals surface area (Å²) < 4.78 is 1.86. The van der Waals surface area contributed by atoms with Crippen molar-refractivity contribution in [1.82, 2.24) is 19.7 Å². The highest BCUT2D eigenvalue weighted by molar-refractivity contribution is 5.93. The second-order valence-electron chi connectivity index (χ2n) is 7.28. The molecule has 2 aliphatic rings. The Hall–Kier alpha value is -2.83. The molecule has 2 aliphatic heterocycles. The highest BCUT2D eigenvalue weighted by Gasteiger charge is 2.33. The van der Waals surface area contributed by atoms with Crippen LogP contribution in [0.25, 0.3) is 0 Å². The Morgan fingerprint density at radius 1 is 1.11 bits per heavy atom. The van der Waals surface area contributed by atoms with Crippen LogP contribution in [0, 0.1) is 0 Å². The van der Waals surface area contributed by atoms with Gasteiger partial charge in [-0.15, -0.1) is 0 Å². The summed E-state index contributed by atoms with van der Waals surface area (Å²) in [6.07, 6.45) is 2.02. The van der Waals surface area contributed by atoms with Crippen molar-refractivity contribution in [2.24, 2.45) is 0 Å². The van der Waals surface area contributed by atoms with Crippen molar-refractivity contribution in [3.8, 4) is 0 Å². The van der Waals surface area contributed by atoms with Gasteiger partial charge in [0.2, 0.25) is 5.91 Å². The predicted octanol–water partition coefficient (Wildman–Crippen LogP) is 2.29. The molecule has 1 aromatic heterocycles. The van der Waals surface area contributed by atoms with Crippen LogP contribution in [0.5, 0.6) is 0 Å².